The smallest absolute Gasteiger partial charge is 0.211 e. The van der Waals surface area contributed by atoms with E-state index >= 15 is 0 Å². The molecule has 24 heavy (non-hydrogen) atoms. The molecule has 0 heterocycles. The summed E-state index contributed by atoms with van der Waals surface area (Å²) in [5.41, 5.74) is 5.35. The Morgan fingerprint density at radius 3 is 1.50 bits per heavy atom. The minimum atomic E-state index is -3.08. The molecule has 5 heteroatoms. The lowest BCUT2D eigenvalue weighted by Gasteiger charge is -2.06. The summed E-state index contributed by atoms with van der Waals surface area (Å²) in [7, 11) is -3.08. The Balaban J connectivity index is 3.22. The molecule has 0 rings (SSSR count). The zero-order valence-corrected chi connectivity index (χ0v) is 16.8. The van der Waals surface area contributed by atoms with E-state index in [9.17, 15) is 8.42 Å². The Bertz CT molecular complexity index is 345. The van der Waals surface area contributed by atoms with Gasteiger partial charge in [-0.15, -0.1) is 0 Å². The number of unbranched alkanes of at least 4 members (excludes halogenated alkanes) is 13. The van der Waals surface area contributed by atoms with E-state index in [1.807, 2.05) is 0 Å². The molecule has 0 spiro atoms. The van der Waals surface area contributed by atoms with E-state index in [-0.39, 0.29) is 5.75 Å². The molecule has 0 aromatic carbocycles. The van der Waals surface area contributed by atoms with Crippen LogP contribution in [0.4, 0.5) is 0 Å². The highest BCUT2D eigenvalue weighted by Gasteiger charge is 2.08. The maximum absolute atomic E-state index is 11.7. The summed E-state index contributed by atoms with van der Waals surface area (Å²) in [6.45, 7) is 3.26. The zero-order chi connectivity index (χ0) is 17.9. The first kappa shape index (κ1) is 23.9. The molecule has 0 bridgehead atoms. The van der Waals surface area contributed by atoms with Gasteiger partial charge in [0.15, 0.2) is 0 Å². The molecule has 0 amide bonds. The van der Waals surface area contributed by atoms with Crippen molar-refractivity contribution in [2.45, 2.75) is 103 Å². The minimum Gasteiger partial charge on any atom is -0.330 e. The highest BCUT2D eigenvalue weighted by atomic mass is 32.2. The van der Waals surface area contributed by atoms with Crippen molar-refractivity contribution in [3.05, 3.63) is 0 Å². The van der Waals surface area contributed by atoms with E-state index in [4.69, 9.17) is 5.73 Å². The number of hydrogen-bond acceptors (Lipinski definition) is 3. The van der Waals surface area contributed by atoms with E-state index in [0.717, 1.165) is 19.3 Å². The molecular formula is C19H42N2O2S. The van der Waals surface area contributed by atoms with Crippen LogP contribution >= 0.6 is 0 Å². The van der Waals surface area contributed by atoms with Gasteiger partial charge in [-0.25, -0.2) is 13.1 Å². The molecule has 0 radical (unpaired) electrons. The zero-order valence-electron chi connectivity index (χ0n) is 16.0. The third kappa shape index (κ3) is 18.2. The van der Waals surface area contributed by atoms with Gasteiger partial charge in [0.05, 0.1) is 5.75 Å². The molecule has 146 valence electrons. The summed E-state index contributed by atoms with van der Waals surface area (Å²) in [6, 6.07) is 0. The van der Waals surface area contributed by atoms with Crippen molar-refractivity contribution >= 4 is 10.0 Å². The number of sulfonamides is 1. The molecule has 0 saturated heterocycles. The van der Waals surface area contributed by atoms with Crippen molar-refractivity contribution in [2.75, 3.05) is 18.8 Å². The van der Waals surface area contributed by atoms with Crippen LogP contribution in [-0.4, -0.2) is 27.3 Å². The lowest BCUT2D eigenvalue weighted by molar-refractivity contribution is 0.536. The van der Waals surface area contributed by atoms with Crippen LogP contribution in [-0.2, 0) is 10.0 Å². The van der Waals surface area contributed by atoms with Gasteiger partial charge in [0.25, 0.3) is 0 Å². The quantitative estimate of drug-likeness (QED) is 0.326. The third-order valence-corrected chi connectivity index (χ3v) is 5.94. The standard InChI is InChI=1S/C19H42N2O2S/c1-2-3-4-5-6-7-8-9-10-11-12-13-14-15-19-24(22,23)21-18-16-17-20/h21H,2-20H2,1H3. The Morgan fingerprint density at radius 1 is 0.667 bits per heavy atom. The van der Waals surface area contributed by atoms with E-state index in [1.54, 1.807) is 0 Å². The van der Waals surface area contributed by atoms with Gasteiger partial charge in [0, 0.05) is 6.54 Å². The molecule has 3 N–H and O–H groups in total. The number of hydrogen-bond donors (Lipinski definition) is 2. The Morgan fingerprint density at radius 2 is 1.08 bits per heavy atom. The molecule has 0 saturated carbocycles. The summed E-state index contributed by atoms with van der Waals surface area (Å²) in [5, 5.41) is 0. The average molecular weight is 363 g/mol. The van der Waals surface area contributed by atoms with Crippen LogP contribution < -0.4 is 10.5 Å². The van der Waals surface area contributed by atoms with Crippen LogP contribution in [0.3, 0.4) is 0 Å². The maximum Gasteiger partial charge on any atom is 0.211 e. The van der Waals surface area contributed by atoms with Crippen LogP contribution in [0, 0.1) is 0 Å². The summed E-state index contributed by atoms with van der Waals surface area (Å²) < 4.78 is 25.9. The topological polar surface area (TPSA) is 72.2 Å². The van der Waals surface area contributed by atoms with Gasteiger partial charge in [-0.2, -0.15) is 0 Å². The Labute approximate surface area is 151 Å². The predicted molar refractivity (Wildman–Crippen MR) is 106 cm³/mol. The highest BCUT2D eigenvalue weighted by Crippen LogP contribution is 2.13. The molecule has 0 unspecified atom stereocenters. The third-order valence-electron chi connectivity index (χ3n) is 4.47. The lowest BCUT2D eigenvalue weighted by Crippen LogP contribution is -2.28. The Kier molecular flexibility index (Phi) is 17.6. The van der Waals surface area contributed by atoms with Crippen LogP contribution in [0.2, 0.25) is 0 Å². The van der Waals surface area contributed by atoms with E-state index < -0.39 is 10.0 Å². The minimum absolute atomic E-state index is 0.260. The van der Waals surface area contributed by atoms with E-state index in [2.05, 4.69) is 11.6 Å². The first-order valence-corrected chi connectivity index (χ1v) is 11.9. The van der Waals surface area contributed by atoms with Crippen LogP contribution in [0.5, 0.6) is 0 Å². The fourth-order valence-corrected chi connectivity index (χ4v) is 4.07. The second-order valence-corrected chi connectivity index (χ2v) is 8.88. The first-order chi connectivity index (χ1) is 11.6. The average Bonchev–Trinajstić information content (AvgIpc) is 2.55. The summed E-state index contributed by atoms with van der Waals surface area (Å²) >= 11 is 0. The monoisotopic (exact) mass is 362 g/mol. The van der Waals surface area contributed by atoms with Crippen molar-refractivity contribution in [3.63, 3.8) is 0 Å². The molecule has 0 fully saturated rings. The molecule has 0 aliphatic heterocycles. The number of nitrogens with one attached hydrogen (secondary N) is 1. The molecule has 0 aromatic rings. The van der Waals surface area contributed by atoms with Crippen LogP contribution in [0.25, 0.3) is 0 Å². The fraction of sp³-hybridized carbons (Fsp3) is 1.00. The molecule has 0 aliphatic rings. The van der Waals surface area contributed by atoms with Crippen LogP contribution in [0.1, 0.15) is 103 Å². The first-order valence-electron chi connectivity index (χ1n) is 10.3. The van der Waals surface area contributed by atoms with Crippen molar-refractivity contribution in [3.8, 4) is 0 Å². The van der Waals surface area contributed by atoms with Gasteiger partial charge < -0.3 is 5.73 Å². The van der Waals surface area contributed by atoms with Gasteiger partial charge in [-0.3, -0.25) is 0 Å². The van der Waals surface area contributed by atoms with Gasteiger partial charge in [0.2, 0.25) is 10.0 Å². The van der Waals surface area contributed by atoms with E-state index in [0.29, 0.717) is 19.5 Å². The molecule has 0 aromatic heterocycles. The second kappa shape index (κ2) is 17.7. The van der Waals surface area contributed by atoms with Gasteiger partial charge in [-0.05, 0) is 19.4 Å². The van der Waals surface area contributed by atoms with Gasteiger partial charge in [0.1, 0.15) is 0 Å². The number of rotatable bonds is 19. The van der Waals surface area contributed by atoms with Crippen LogP contribution in [0.15, 0.2) is 0 Å². The second-order valence-electron chi connectivity index (χ2n) is 6.95. The largest absolute Gasteiger partial charge is 0.330 e. The van der Waals surface area contributed by atoms with Crippen molar-refractivity contribution < 1.29 is 8.42 Å². The molecule has 4 nitrogen and oxygen atoms in total. The summed E-state index contributed by atoms with van der Waals surface area (Å²) in [6.07, 6.45) is 18.7. The SMILES string of the molecule is CCCCCCCCCCCCCCCCS(=O)(=O)NCCCN. The van der Waals surface area contributed by atoms with Gasteiger partial charge >= 0.3 is 0 Å². The summed E-state index contributed by atoms with van der Waals surface area (Å²) in [4.78, 5) is 0. The van der Waals surface area contributed by atoms with Crippen molar-refractivity contribution in [1.82, 2.24) is 4.72 Å². The molecule has 0 aliphatic carbocycles. The van der Waals surface area contributed by atoms with Crippen molar-refractivity contribution in [2.24, 2.45) is 5.73 Å². The maximum atomic E-state index is 11.7. The fourth-order valence-electron chi connectivity index (χ4n) is 2.89. The Hall–Kier alpha value is -0.130. The molecule has 0 atom stereocenters. The predicted octanol–water partition coefficient (Wildman–Crippen LogP) is 4.74. The van der Waals surface area contributed by atoms with Gasteiger partial charge in [-0.1, -0.05) is 90.4 Å². The number of nitrogens with two attached hydrogens (primary N) is 1. The van der Waals surface area contributed by atoms with E-state index in [1.165, 1.54) is 70.6 Å². The lowest BCUT2D eigenvalue weighted by atomic mass is 10.0. The summed E-state index contributed by atoms with van der Waals surface area (Å²) in [5.74, 6) is 0.260. The van der Waals surface area contributed by atoms with Crippen molar-refractivity contribution in [1.29, 1.82) is 0 Å². The molecular weight excluding hydrogens is 320 g/mol. The normalized spacial score (nSPS) is 11.9. The highest BCUT2D eigenvalue weighted by molar-refractivity contribution is 7.89.